The Morgan fingerprint density at radius 3 is 0.591 bits per heavy atom. The van der Waals surface area contributed by atoms with Crippen LogP contribution in [0.2, 0.25) is 0 Å². The van der Waals surface area contributed by atoms with Crippen molar-refractivity contribution in [3.8, 4) is 0 Å². The van der Waals surface area contributed by atoms with Crippen LogP contribution in [-0.2, 0) is 167 Å². The van der Waals surface area contributed by atoms with Crippen LogP contribution in [0.5, 0.6) is 0 Å². The summed E-state index contributed by atoms with van der Waals surface area (Å²) in [7, 11) is 0. The van der Waals surface area contributed by atoms with Gasteiger partial charge in [0.05, 0.1) is 115 Å². The zero-order chi connectivity index (χ0) is 108. The highest BCUT2D eigenvalue weighted by Crippen LogP contribution is 2.31. The molecule has 3 atom stereocenters. The molecule has 0 aromatic heterocycles. The number of aliphatic hydroxyl groups is 1. The number of hydrogen-bond donors (Lipinski definition) is 1. The van der Waals surface area contributed by atoms with Gasteiger partial charge in [0.25, 0.3) is 59.1 Å². The van der Waals surface area contributed by atoms with E-state index in [4.69, 9.17) is 57.2 Å². The molecule has 0 spiro atoms. The number of imide groups is 8. The highest BCUT2D eigenvalue weighted by atomic mass is 16.6. The molecule has 822 valence electrons. The Morgan fingerprint density at radius 2 is 0.383 bits per heavy atom. The predicted octanol–water partition coefficient (Wildman–Crippen LogP) is 4.58. The van der Waals surface area contributed by atoms with Gasteiger partial charge in [-0.25, -0.2) is 0 Å². The molecular weight excluding hydrogens is 1950 g/mol. The highest BCUT2D eigenvalue weighted by molar-refractivity contribution is 6.16. The molecule has 0 radical (unpaired) electrons. The lowest BCUT2D eigenvalue weighted by Crippen LogP contribution is -2.47. The number of ether oxygens (including phenoxy) is 11. The summed E-state index contributed by atoms with van der Waals surface area (Å²) < 4.78 is 71.6. The normalized spacial score (nSPS) is 16.8. The molecule has 16 amide bonds. The Kier molecular flexibility index (Phi) is 57.4. The van der Waals surface area contributed by atoms with E-state index in [0.717, 1.165) is 87.8 Å². The zero-order valence-corrected chi connectivity index (χ0v) is 85.5. The lowest BCUT2D eigenvalue weighted by atomic mass is 9.89. The molecule has 8 aliphatic heterocycles. The fraction of sp³-hybridized carbons (Fsp3) is 0.657. The van der Waals surface area contributed by atoms with Crippen molar-refractivity contribution in [3.63, 3.8) is 0 Å². The van der Waals surface area contributed by atoms with Crippen molar-refractivity contribution < 1.29 is 172 Å². The predicted molar refractivity (Wildman–Crippen MR) is 524 cm³/mol. The van der Waals surface area contributed by atoms with Gasteiger partial charge in [-0.2, -0.15) is 0 Å². The summed E-state index contributed by atoms with van der Waals surface area (Å²) in [6.45, 7) is 2.81. The average Bonchev–Trinajstić information content (AvgIpc) is 1.78. The van der Waals surface area contributed by atoms with Crippen molar-refractivity contribution in [1.29, 1.82) is 0 Å². The van der Waals surface area contributed by atoms with Crippen LogP contribution in [0.1, 0.15) is 231 Å². The van der Waals surface area contributed by atoms with Gasteiger partial charge in [0.1, 0.15) is 46.3 Å². The van der Waals surface area contributed by atoms with Gasteiger partial charge in [-0.1, -0.05) is 6.58 Å². The molecule has 44 heteroatoms. The van der Waals surface area contributed by atoms with Crippen LogP contribution in [0.25, 0.3) is 0 Å². The van der Waals surface area contributed by atoms with E-state index in [1.807, 2.05) is 0 Å². The van der Waals surface area contributed by atoms with Crippen molar-refractivity contribution >= 4 is 141 Å². The van der Waals surface area contributed by atoms with Gasteiger partial charge in [0.2, 0.25) is 35.4 Å². The van der Waals surface area contributed by atoms with Crippen molar-refractivity contribution in [1.82, 2.24) is 39.2 Å². The van der Waals surface area contributed by atoms with Crippen LogP contribution in [-0.4, -0.2) is 383 Å². The van der Waals surface area contributed by atoms with E-state index in [0.29, 0.717) is 96.3 Å². The number of aliphatic hydroxyl groups excluding tert-OH is 1. The summed E-state index contributed by atoms with van der Waals surface area (Å²) in [5.41, 5.74) is -3.68. The van der Waals surface area contributed by atoms with Gasteiger partial charge in [-0.05, 0) is 89.9 Å². The summed E-state index contributed by atoms with van der Waals surface area (Å²) in [4.78, 5) is 305. The van der Waals surface area contributed by atoms with Crippen LogP contribution in [0.4, 0.5) is 0 Å². The largest absolute Gasteiger partial charge is 0.501 e. The second-order valence-electron chi connectivity index (χ2n) is 38.1. The Morgan fingerprint density at radius 1 is 0.215 bits per heavy atom. The second-order valence-corrected chi connectivity index (χ2v) is 38.1. The summed E-state index contributed by atoms with van der Waals surface area (Å²) in [6.07, 6.45) is 19.6. The monoisotopic (exact) mass is 2090 g/mol. The number of rotatable bonds is 89. The Hall–Kier alpha value is -11.7. The van der Waals surface area contributed by atoms with Crippen LogP contribution in [0, 0.1) is 16.2 Å². The molecule has 44 nitrogen and oxygen atoms in total. The quantitative estimate of drug-likeness (QED) is 0.0494. The molecule has 0 aliphatic carbocycles. The van der Waals surface area contributed by atoms with E-state index in [9.17, 15) is 115 Å². The van der Waals surface area contributed by atoms with Gasteiger partial charge in [0.15, 0.2) is 0 Å². The first-order valence-electron chi connectivity index (χ1n) is 51.6. The fourth-order valence-corrected chi connectivity index (χ4v) is 16.8. The maximum Gasteiger partial charge on any atom is 0.253 e. The molecule has 3 unspecified atom stereocenters. The summed E-state index contributed by atoms with van der Waals surface area (Å²) >= 11 is 0. The fourth-order valence-electron chi connectivity index (χ4n) is 16.8. The van der Waals surface area contributed by atoms with E-state index < -0.39 is 63.5 Å². The van der Waals surface area contributed by atoms with Gasteiger partial charge in [0, 0.05) is 307 Å². The van der Waals surface area contributed by atoms with E-state index in [-0.39, 0.29) is 426 Å². The van der Waals surface area contributed by atoms with Crippen LogP contribution in [0.3, 0.4) is 0 Å². The van der Waals surface area contributed by atoms with E-state index in [2.05, 4.69) is 6.58 Å². The number of likely N-dealkylation sites (tertiary alicyclic amines) is 3. The molecule has 3 saturated heterocycles. The molecule has 0 aromatic rings. The number of unbranched alkanes of at least 4 members (excludes halogenated alkanes) is 6. The van der Waals surface area contributed by atoms with Gasteiger partial charge < -0.3 is 57.2 Å². The standard InChI is InChI=1S/C95H133N7O32.C10H13NO4/c1-2-124-60-93(61-126-51-9-3-16-72(103)37-44-96-79(110)23-24-80(96)111,62-127-52-10-4-17-73(104)38-45-97-81(112)25-26-82(97)113)68-133-70-95(65-130-55-13-7-20-76(107)41-48-100-87(118)31-32-88(100)119,66-131-56-14-8-21-77(108)42-49-101-89(120)33-34-90(101)121)71-134-69-94(63-128-53-11-5-18-74(105)39-46-98-83(114)27-28-84(98)115,64-129-54-12-6-19-75(106)40-47-99-85(116)29-30-86(99)117)67-132-59-58-125-57-15-22-78(109)43-50-102-91(122)35-36-92(102)123;12-7-1-2-8(13)5-6-11-9(14)3-4-10(11)15/h2,23-24,27-28,31-32,35-36H,1,3-22,25-26,29-30,33-34,37-71H2;3-4,12H,1-2,5-7H2. The smallest absolute Gasteiger partial charge is 0.253 e. The Labute approximate surface area is 867 Å². The third kappa shape index (κ3) is 46.7. The molecule has 0 saturated carbocycles. The molecule has 3 fully saturated rings. The summed E-state index contributed by atoms with van der Waals surface area (Å²) in [5, 5.41) is 8.50. The van der Waals surface area contributed by atoms with Crippen molar-refractivity contribution in [2.75, 3.05) is 198 Å². The van der Waals surface area contributed by atoms with E-state index in [1.165, 1.54) is 18.4 Å². The number of hydrogen-bond acceptors (Lipinski definition) is 36. The Bertz CT molecular complexity index is 4570. The van der Waals surface area contributed by atoms with E-state index in [1.54, 1.807) is 0 Å². The van der Waals surface area contributed by atoms with Gasteiger partial charge in [-0.15, -0.1) is 0 Å². The first kappa shape index (κ1) is 124. The second kappa shape index (κ2) is 68.9. The maximum atomic E-state index is 13.3. The van der Waals surface area contributed by atoms with Crippen LogP contribution in [0.15, 0.2) is 73.6 Å². The SMILES string of the molecule is C=COCC(COCCCCC(=O)CCN1C(=O)C=CC1=O)(COCCCCC(=O)CCN1C(=O)CCC1=O)COCC(COCCCCC(=O)CCN1C(=O)C=CC1=O)(COCCCCC(=O)CCN1C(=O)CCC1=O)COCC(COCCCCC(=O)CCN1C(=O)C=CC1=O)(COCCCCC(=O)CCN1C(=O)CCC1=O)COCCOCCCC(=O)CCN1C(=O)C=CC1=O.O=C(CCCO)CCN1C(=O)C=CC1=O. The molecule has 8 rings (SSSR count). The first-order valence-corrected chi connectivity index (χ1v) is 51.6. The van der Waals surface area contributed by atoms with Crippen molar-refractivity contribution in [3.05, 3.63) is 73.6 Å². The van der Waals surface area contributed by atoms with E-state index >= 15 is 0 Å². The number of Topliss-reactive ketones (excluding diaryl/α,β-unsaturated/α-hetero) is 8. The van der Waals surface area contributed by atoms with Crippen LogP contribution >= 0.6 is 0 Å². The number of nitrogens with zero attached hydrogens (tertiary/aromatic N) is 8. The minimum atomic E-state index is -1.31. The Balaban J connectivity index is 0.00000183. The average molecular weight is 2100 g/mol. The molecule has 0 bridgehead atoms. The lowest BCUT2D eigenvalue weighted by molar-refractivity contribution is -0.155. The van der Waals surface area contributed by atoms with Crippen LogP contribution < -0.4 is 0 Å². The summed E-state index contributed by atoms with van der Waals surface area (Å²) in [6, 6.07) is 0. The van der Waals surface area contributed by atoms with Crippen molar-refractivity contribution in [2.45, 2.75) is 231 Å². The minimum absolute atomic E-state index is 0.00196. The van der Waals surface area contributed by atoms with Gasteiger partial charge in [-0.3, -0.25) is 154 Å². The van der Waals surface area contributed by atoms with Gasteiger partial charge >= 0.3 is 0 Å². The molecule has 8 heterocycles. The molecule has 8 aliphatic rings. The first-order chi connectivity index (χ1) is 71.7. The number of amides is 16. The minimum Gasteiger partial charge on any atom is -0.501 e. The zero-order valence-electron chi connectivity index (χ0n) is 85.5. The van der Waals surface area contributed by atoms with Crippen molar-refractivity contribution in [2.24, 2.45) is 16.2 Å². The molecule has 149 heavy (non-hydrogen) atoms. The number of carbonyl (C=O) groups is 24. The number of carbonyl (C=O) groups excluding carboxylic acids is 24. The number of ketones is 8. The summed E-state index contributed by atoms with van der Waals surface area (Å²) in [5.74, 6) is -7.99. The highest BCUT2D eigenvalue weighted by Gasteiger charge is 2.42. The lowest BCUT2D eigenvalue weighted by Gasteiger charge is -2.38. The molecule has 1 N–H and O–H groups in total. The third-order valence-electron chi connectivity index (χ3n) is 25.6. The topological polar surface area (TPSA) is 557 Å². The third-order valence-corrected chi connectivity index (χ3v) is 25.6. The molecule has 0 aromatic carbocycles. The maximum absolute atomic E-state index is 13.3. The molecular formula is C105H146N8O36.